The van der Waals surface area contributed by atoms with Gasteiger partial charge < -0.3 is 10.1 Å². The van der Waals surface area contributed by atoms with E-state index in [1.54, 1.807) is 29.5 Å². The van der Waals surface area contributed by atoms with Gasteiger partial charge in [0.05, 0.1) is 17.9 Å². The van der Waals surface area contributed by atoms with Crippen LogP contribution in [0.25, 0.3) is 0 Å². The van der Waals surface area contributed by atoms with Crippen molar-refractivity contribution in [2.24, 2.45) is 0 Å². The van der Waals surface area contributed by atoms with Gasteiger partial charge in [-0.2, -0.15) is 0 Å². The third-order valence-corrected chi connectivity index (χ3v) is 2.69. The standard InChI is InChI=1S/C11H11FINO3/c1-3-17-11(16)7-4-9(13)8(12)5-10(7)14-6(2)15/h4-5H,3H2,1-2H3,(H,14,15). The lowest BCUT2D eigenvalue weighted by Gasteiger charge is -2.10. The van der Waals surface area contributed by atoms with Gasteiger partial charge in [-0.1, -0.05) is 0 Å². The highest BCUT2D eigenvalue weighted by Crippen LogP contribution is 2.23. The van der Waals surface area contributed by atoms with Crippen molar-refractivity contribution >= 4 is 40.2 Å². The third-order valence-electron chi connectivity index (χ3n) is 1.87. The van der Waals surface area contributed by atoms with E-state index in [-0.39, 0.29) is 23.8 Å². The number of benzene rings is 1. The van der Waals surface area contributed by atoms with Gasteiger partial charge in [0, 0.05) is 10.5 Å². The Kier molecular flexibility index (Phi) is 4.86. The summed E-state index contributed by atoms with van der Waals surface area (Å²) in [5, 5.41) is 2.40. The van der Waals surface area contributed by atoms with Crippen molar-refractivity contribution in [1.29, 1.82) is 0 Å². The third kappa shape index (κ3) is 3.65. The van der Waals surface area contributed by atoms with Crippen LogP contribution < -0.4 is 5.32 Å². The number of amides is 1. The van der Waals surface area contributed by atoms with Crippen LogP contribution in [0.15, 0.2) is 12.1 Å². The summed E-state index contributed by atoms with van der Waals surface area (Å²) in [6.07, 6.45) is 0. The molecule has 17 heavy (non-hydrogen) atoms. The van der Waals surface area contributed by atoms with Gasteiger partial charge in [-0.15, -0.1) is 0 Å². The maximum atomic E-state index is 13.3. The molecular weight excluding hydrogens is 340 g/mol. The molecule has 1 N–H and O–H groups in total. The number of esters is 1. The van der Waals surface area contributed by atoms with Gasteiger partial charge in [0.25, 0.3) is 0 Å². The predicted molar refractivity (Wildman–Crippen MR) is 69.4 cm³/mol. The number of nitrogens with one attached hydrogen (secondary N) is 1. The second kappa shape index (κ2) is 5.95. The number of halogens is 2. The number of anilines is 1. The fourth-order valence-electron chi connectivity index (χ4n) is 1.22. The quantitative estimate of drug-likeness (QED) is 0.673. The van der Waals surface area contributed by atoms with Crippen LogP contribution in [0.4, 0.5) is 10.1 Å². The fourth-order valence-corrected chi connectivity index (χ4v) is 1.68. The lowest BCUT2D eigenvalue weighted by Crippen LogP contribution is -2.13. The first-order valence-corrected chi connectivity index (χ1v) is 5.97. The lowest BCUT2D eigenvalue weighted by molar-refractivity contribution is -0.114. The van der Waals surface area contributed by atoms with Gasteiger partial charge >= 0.3 is 5.97 Å². The minimum atomic E-state index is -0.589. The largest absolute Gasteiger partial charge is 0.462 e. The molecule has 1 rings (SSSR count). The molecule has 0 aromatic heterocycles. The van der Waals surface area contributed by atoms with E-state index >= 15 is 0 Å². The smallest absolute Gasteiger partial charge is 0.340 e. The second-order valence-corrected chi connectivity index (χ2v) is 4.38. The summed E-state index contributed by atoms with van der Waals surface area (Å²) in [6, 6.07) is 2.45. The molecule has 92 valence electrons. The average Bonchev–Trinajstić information content (AvgIpc) is 2.22. The maximum Gasteiger partial charge on any atom is 0.340 e. The Labute approximate surface area is 112 Å². The number of rotatable bonds is 3. The topological polar surface area (TPSA) is 55.4 Å². The summed E-state index contributed by atoms with van der Waals surface area (Å²) in [6.45, 7) is 3.17. The minimum absolute atomic E-state index is 0.119. The van der Waals surface area contributed by atoms with Crippen LogP contribution in [0, 0.1) is 9.39 Å². The van der Waals surface area contributed by atoms with Crippen molar-refractivity contribution in [2.75, 3.05) is 11.9 Å². The van der Waals surface area contributed by atoms with Gasteiger partial charge in [-0.05, 0) is 41.6 Å². The zero-order valence-electron chi connectivity index (χ0n) is 9.34. The Morgan fingerprint density at radius 3 is 2.65 bits per heavy atom. The van der Waals surface area contributed by atoms with E-state index in [0.717, 1.165) is 6.07 Å². The number of hydrogen-bond acceptors (Lipinski definition) is 3. The molecule has 0 saturated carbocycles. The summed E-state index contributed by atoms with van der Waals surface area (Å²) in [7, 11) is 0. The maximum absolute atomic E-state index is 13.3. The van der Waals surface area contributed by atoms with Crippen molar-refractivity contribution in [1.82, 2.24) is 0 Å². The molecular formula is C11H11FINO3. The van der Waals surface area contributed by atoms with Gasteiger partial charge in [-0.25, -0.2) is 9.18 Å². The first-order valence-electron chi connectivity index (χ1n) is 4.89. The van der Waals surface area contributed by atoms with E-state index in [9.17, 15) is 14.0 Å². The molecule has 0 saturated heterocycles. The number of ether oxygens (including phenoxy) is 1. The molecule has 0 atom stereocenters. The van der Waals surface area contributed by atoms with Gasteiger partial charge in [0.15, 0.2) is 0 Å². The van der Waals surface area contributed by atoms with E-state index in [1.807, 2.05) is 0 Å². The Morgan fingerprint density at radius 1 is 1.47 bits per heavy atom. The molecule has 6 heteroatoms. The Hall–Kier alpha value is -1.18. The Bertz CT molecular complexity index is 462. The molecule has 0 bridgehead atoms. The van der Waals surface area contributed by atoms with Gasteiger partial charge in [0.1, 0.15) is 5.82 Å². The van der Waals surface area contributed by atoms with E-state index in [1.165, 1.54) is 13.0 Å². The first kappa shape index (κ1) is 13.9. The van der Waals surface area contributed by atoms with Crippen LogP contribution >= 0.6 is 22.6 Å². The van der Waals surface area contributed by atoms with Crippen LogP contribution in [-0.2, 0) is 9.53 Å². The van der Waals surface area contributed by atoms with Crippen molar-refractivity contribution < 1.29 is 18.7 Å². The van der Waals surface area contributed by atoms with Crippen molar-refractivity contribution in [2.45, 2.75) is 13.8 Å². The van der Waals surface area contributed by atoms with Crippen LogP contribution in [0.3, 0.4) is 0 Å². The fraction of sp³-hybridized carbons (Fsp3) is 0.273. The van der Waals surface area contributed by atoms with E-state index in [0.29, 0.717) is 3.57 Å². The molecule has 0 radical (unpaired) electrons. The first-order chi connectivity index (χ1) is 7.95. The highest BCUT2D eigenvalue weighted by Gasteiger charge is 2.16. The molecule has 1 aromatic rings. The van der Waals surface area contributed by atoms with Crippen LogP contribution in [-0.4, -0.2) is 18.5 Å². The average molecular weight is 351 g/mol. The molecule has 0 unspecified atom stereocenters. The van der Waals surface area contributed by atoms with Crippen LogP contribution in [0.2, 0.25) is 0 Å². The van der Waals surface area contributed by atoms with E-state index < -0.39 is 11.8 Å². The Balaban J connectivity index is 3.20. The summed E-state index contributed by atoms with van der Waals surface area (Å²) >= 11 is 1.77. The van der Waals surface area contributed by atoms with E-state index in [4.69, 9.17) is 4.74 Å². The number of carbonyl (C=O) groups excluding carboxylic acids is 2. The Morgan fingerprint density at radius 2 is 2.12 bits per heavy atom. The zero-order chi connectivity index (χ0) is 13.0. The second-order valence-electron chi connectivity index (χ2n) is 3.21. The highest BCUT2D eigenvalue weighted by atomic mass is 127. The van der Waals surface area contributed by atoms with Crippen molar-refractivity contribution in [3.8, 4) is 0 Å². The molecule has 1 amide bonds. The lowest BCUT2D eigenvalue weighted by atomic mass is 10.1. The van der Waals surface area contributed by atoms with Crippen LogP contribution in [0.5, 0.6) is 0 Å². The van der Waals surface area contributed by atoms with Crippen LogP contribution in [0.1, 0.15) is 24.2 Å². The zero-order valence-corrected chi connectivity index (χ0v) is 11.5. The minimum Gasteiger partial charge on any atom is -0.462 e. The molecule has 0 aliphatic heterocycles. The number of hydrogen-bond donors (Lipinski definition) is 1. The summed E-state index contributed by atoms with van der Waals surface area (Å²) in [5.74, 6) is -1.47. The van der Waals surface area contributed by atoms with Crippen molar-refractivity contribution in [3.63, 3.8) is 0 Å². The summed E-state index contributed by atoms with van der Waals surface area (Å²) in [4.78, 5) is 22.6. The molecule has 0 aliphatic carbocycles. The van der Waals surface area contributed by atoms with Crippen molar-refractivity contribution in [3.05, 3.63) is 27.1 Å². The summed E-state index contributed by atoms with van der Waals surface area (Å²) in [5.41, 5.74) is 0.265. The summed E-state index contributed by atoms with van der Waals surface area (Å²) < 4.78 is 18.5. The molecule has 0 aliphatic rings. The molecule has 0 fully saturated rings. The van der Waals surface area contributed by atoms with Gasteiger partial charge in [-0.3, -0.25) is 4.79 Å². The van der Waals surface area contributed by atoms with Gasteiger partial charge in [0.2, 0.25) is 5.91 Å². The number of carbonyl (C=O) groups is 2. The SMILES string of the molecule is CCOC(=O)c1cc(I)c(F)cc1NC(C)=O. The molecule has 4 nitrogen and oxygen atoms in total. The monoisotopic (exact) mass is 351 g/mol. The molecule has 0 spiro atoms. The molecule has 1 aromatic carbocycles. The van der Waals surface area contributed by atoms with E-state index in [2.05, 4.69) is 5.32 Å². The highest BCUT2D eigenvalue weighted by molar-refractivity contribution is 14.1. The molecule has 0 heterocycles. The normalized spacial score (nSPS) is 9.88. The predicted octanol–water partition coefficient (Wildman–Crippen LogP) is 2.57.